The molecule has 0 aliphatic carbocycles. The molecule has 0 amide bonds. The lowest BCUT2D eigenvalue weighted by Gasteiger charge is -2.33. The molecule has 4 rings (SSSR count). The number of hydrogen-bond acceptors (Lipinski definition) is 2. The third-order valence-electron chi connectivity index (χ3n) is 3.49. The van der Waals surface area contributed by atoms with E-state index in [1.807, 2.05) is 24.3 Å². The predicted molar refractivity (Wildman–Crippen MR) is 83.2 cm³/mol. The number of nitrogens with zero attached hydrogens (tertiary/aromatic N) is 1. The summed E-state index contributed by atoms with van der Waals surface area (Å²) in [4.78, 5) is 2.26. The van der Waals surface area contributed by atoms with E-state index in [4.69, 9.17) is 0 Å². The van der Waals surface area contributed by atoms with Gasteiger partial charge in [0, 0.05) is 11.8 Å². The van der Waals surface area contributed by atoms with Gasteiger partial charge in [-0.15, -0.1) is 0 Å². The zero-order valence-electron chi connectivity index (χ0n) is 10.9. The smallest absolute Gasteiger partial charge is 0.0710 e. The first kappa shape index (κ1) is 11.1. The fourth-order valence-corrected chi connectivity index (χ4v) is 2.61. The van der Waals surface area contributed by atoms with E-state index in [-0.39, 0.29) is 0 Å². The molecule has 1 aliphatic rings. The molecule has 0 unspecified atom stereocenters. The van der Waals surface area contributed by atoms with Crippen LogP contribution < -0.4 is 10.2 Å². The first-order valence-corrected chi connectivity index (χ1v) is 6.65. The van der Waals surface area contributed by atoms with Crippen molar-refractivity contribution >= 4 is 28.4 Å². The molecule has 0 saturated carbocycles. The average Bonchev–Trinajstić information content (AvgIpc) is 2.53. The molecule has 1 aliphatic heterocycles. The Labute approximate surface area is 118 Å². The summed E-state index contributed by atoms with van der Waals surface area (Å²) in [5.41, 5.74) is 5.55. The molecule has 0 saturated heterocycles. The minimum absolute atomic E-state index is 1.01. The van der Waals surface area contributed by atoms with Crippen LogP contribution in [0.3, 0.4) is 0 Å². The summed E-state index contributed by atoms with van der Waals surface area (Å²) in [7, 11) is 0. The molecule has 1 radical (unpaired) electrons. The third kappa shape index (κ3) is 1.66. The SMILES string of the molecule is [c]1cccc2c1Nc1ccccc1N2c1ccccc1. The van der Waals surface area contributed by atoms with E-state index in [2.05, 4.69) is 64.8 Å². The van der Waals surface area contributed by atoms with Crippen LogP contribution in [-0.4, -0.2) is 0 Å². The van der Waals surface area contributed by atoms with Gasteiger partial charge in [0.25, 0.3) is 0 Å². The van der Waals surface area contributed by atoms with Crippen molar-refractivity contribution in [2.24, 2.45) is 0 Å². The molecule has 3 aromatic rings. The normalized spacial score (nSPS) is 12.3. The summed E-state index contributed by atoms with van der Waals surface area (Å²) in [5.74, 6) is 0. The molecule has 20 heavy (non-hydrogen) atoms. The van der Waals surface area contributed by atoms with Gasteiger partial charge in [-0.1, -0.05) is 42.5 Å². The topological polar surface area (TPSA) is 15.3 Å². The fraction of sp³-hybridized carbons (Fsp3) is 0. The minimum atomic E-state index is 1.01. The van der Waals surface area contributed by atoms with Gasteiger partial charge in [0.1, 0.15) is 0 Å². The highest BCUT2D eigenvalue weighted by Gasteiger charge is 2.22. The summed E-state index contributed by atoms with van der Waals surface area (Å²) < 4.78 is 0. The van der Waals surface area contributed by atoms with Crippen molar-refractivity contribution in [3.05, 3.63) is 78.9 Å². The van der Waals surface area contributed by atoms with Crippen molar-refractivity contribution < 1.29 is 0 Å². The Morgan fingerprint density at radius 3 is 2.40 bits per heavy atom. The highest BCUT2D eigenvalue weighted by atomic mass is 15.2. The second-order valence-electron chi connectivity index (χ2n) is 4.74. The van der Waals surface area contributed by atoms with E-state index in [0.29, 0.717) is 0 Å². The summed E-state index contributed by atoms with van der Waals surface area (Å²) in [5, 5.41) is 3.44. The molecule has 2 nitrogen and oxygen atoms in total. The summed E-state index contributed by atoms with van der Waals surface area (Å²) in [6.45, 7) is 0. The summed E-state index contributed by atoms with van der Waals surface area (Å²) >= 11 is 0. The second-order valence-corrected chi connectivity index (χ2v) is 4.74. The maximum Gasteiger partial charge on any atom is 0.0710 e. The van der Waals surface area contributed by atoms with Crippen molar-refractivity contribution in [3.63, 3.8) is 0 Å². The van der Waals surface area contributed by atoms with Crippen molar-refractivity contribution in [2.75, 3.05) is 10.2 Å². The quantitative estimate of drug-likeness (QED) is 0.515. The number of anilines is 5. The second kappa shape index (κ2) is 4.42. The van der Waals surface area contributed by atoms with E-state index in [9.17, 15) is 0 Å². The van der Waals surface area contributed by atoms with Gasteiger partial charge >= 0.3 is 0 Å². The van der Waals surface area contributed by atoms with Gasteiger partial charge in [0.05, 0.1) is 22.7 Å². The van der Waals surface area contributed by atoms with E-state index in [1.54, 1.807) is 0 Å². The molecular weight excluding hydrogens is 244 g/mol. The Bertz CT molecular complexity index is 705. The van der Waals surface area contributed by atoms with Crippen molar-refractivity contribution in [3.8, 4) is 0 Å². The Morgan fingerprint density at radius 2 is 1.50 bits per heavy atom. The molecule has 1 heterocycles. The summed E-state index contributed by atoms with van der Waals surface area (Å²) in [6.07, 6.45) is 0. The standard InChI is InChI=1S/C18H13N2/c1-2-8-14(9-3-1)20-17-12-6-4-10-15(17)19-16-11-5-7-13-18(16)20/h1-10,12-13,19H. The number of para-hydroxylation sites is 4. The molecule has 0 aromatic heterocycles. The zero-order valence-corrected chi connectivity index (χ0v) is 10.9. The molecule has 0 bridgehead atoms. The zero-order chi connectivity index (χ0) is 13.4. The first-order valence-electron chi connectivity index (χ1n) is 6.65. The molecule has 0 spiro atoms. The van der Waals surface area contributed by atoms with Crippen LogP contribution in [0.4, 0.5) is 28.4 Å². The molecule has 95 valence electrons. The number of benzene rings is 3. The van der Waals surface area contributed by atoms with Gasteiger partial charge < -0.3 is 10.2 Å². The average molecular weight is 257 g/mol. The lowest BCUT2D eigenvalue weighted by Crippen LogP contribution is -2.17. The van der Waals surface area contributed by atoms with Gasteiger partial charge in [-0.2, -0.15) is 0 Å². The number of fused-ring (bicyclic) bond motifs is 2. The van der Waals surface area contributed by atoms with Gasteiger partial charge in [-0.3, -0.25) is 0 Å². The maximum absolute atomic E-state index is 3.44. The van der Waals surface area contributed by atoms with Crippen LogP contribution >= 0.6 is 0 Å². The minimum Gasteiger partial charge on any atom is -0.352 e. The van der Waals surface area contributed by atoms with E-state index < -0.39 is 0 Å². The van der Waals surface area contributed by atoms with Crippen molar-refractivity contribution in [1.29, 1.82) is 0 Å². The molecule has 0 atom stereocenters. The van der Waals surface area contributed by atoms with Crippen LogP contribution in [-0.2, 0) is 0 Å². The lowest BCUT2D eigenvalue weighted by atomic mass is 10.1. The van der Waals surface area contributed by atoms with Gasteiger partial charge in [-0.05, 0) is 30.3 Å². The number of nitrogens with one attached hydrogen (secondary N) is 1. The largest absolute Gasteiger partial charge is 0.352 e. The van der Waals surface area contributed by atoms with Crippen LogP contribution in [0.1, 0.15) is 0 Å². The third-order valence-corrected chi connectivity index (χ3v) is 3.49. The van der Waals surface area contributed by atoms with E-state index in [0.717, 1.165) is 28.4 Å². The number of rotatable bonds is 1. The Kier molecular flexibility index (Phi) is 2.46. The first-order chi connectivity index (χ1) is 9.93. The Morgan fingerprint density at radius 1 is 0.750 bits per heavy atom. The van der Waals surface area contributed by atoms with Gasteiger partial charge in [0.2, 0.25) is 0 Å². The molecular formula is C18H13N2. The van der Waals surface area contributed by atoms with Crippen LogP contribution in [0.15, 0.2) is 72.8 Å². The molecule has 0 fully saturated rings. The fourth-order valence-electron chi connectivity index (χ4n) is 2.61. The van der Waals surface area contributed by atoms with Crippen molar-refractivity contribution in [1.82, 2.24) is 0 Å². The highest BCUT2D eigenvalue weighted by molar-refractivity contribution is 5.96. The van der Waals surface area contributed by atoms with Gasteiger partial charge in [0.15, 0.2) is 0 Å². The van der Waals surface area contributed by atoms with Gasteiger partial charge in [-0.25, -0.2) is 0 Å². The lowest BCUT2D eigenvalue weighted by molar-refractivity contribution is 1.25. The van der Waals surface area contributed by atoms with Crippen LogP contribution in [0, 0.1) is 6.07 Å². The van der Waals surface area contributed by atoms with Crippen LogP contribution in [0.2, 0.25) is 0 Å². The maximum atomic E-state index is 3.44. The highest BCUT2D eigenvalue weighted by Crippen LogP contribution is 2.46. The predicted octanol–water partition coefficient (Wildman–Crippen LogP) is 5.01. The molecule has 2 heteroatoms. The number of hydrogen-bond donors (Lipinski definition) is 1. The molecule has 1 N–H and O–H groups in total. The van der Waals surface area contributed by atoms with E-state index >= 15 is 0 Å². The van der Waals surface area contributed by atoms with Crippen LogP contribution in [0.25, 0.3) is 0 Å². The summed E-state index contributed by atoms with van der Waals surface area (Å²) in [6, 6.07) is 28.1. The Hall–Kier alpha value is -2.74. The monoisotopic (exact) mass is 257 g/mol. The van der Waals surface area contributed by atoms with Crippen molar-refractivity contribution in [2.45, 2.75) is 0 Å². The molecule has 3 aromatic carbocycles. The Balaban J connectivity index is 1.98. The van der Waals surface area contributed by atoms with E-state index in [1.165, 1.54) is 0 Å². The van der Waals surface area contributed by atoms with Crippen LogP contribution in [0.5, 0.6) is 0 Å².